The number of aliphatic hydroxyl groups excluding tert-OH is 1. The standard InChI is InChI=1S/C28H29ClF3N7O3/c1-27(11-3-2-4-12-27)22(40)14-20-21(6-5-13-33-20)39-17-34-24(35-39)16-38-26(42)37(15-23(41)28(30,31)32)25(36-38)18-7-9-19(29)10-8-18/h5-10,13,17,23,41H,2-4,11-12,14-16H2,1H3/t23-/m0/s1. The lowest BCUT2D eigenvalue weighted by Gasteiger charge is -2.32. The normalized spacial score (nSPS) is 16.0. The molecule has 0 bridgehead atoms. The maximum atomic E-state index is 13.2. The minimum Gasteiger partial charge on any atom is -0.382 e. The molecule has 1 N–H and O–H groups in total. The summed E-state index contributed by atoms with van der Waals surface area (Å²) < 4.78 is 42.6. The third-order valence-electron chi connectivity index (χ3n) is 7.66. The van der Waals surface area contributed by atoms with Gasteiger partial charge in [0.15, 0.2) is 17.8 Å². The van der Waals surface area contributed by atoms with E-state index in [1.807, 2.05) is 6.92 Å². The zero-order valence-electron chi connectivity index (χ0n) is 22.8. The number of carbonyl (C=O) groups is 1. The lowest BCUT2D eigenvalue weighted by molar-refractivity contribution is -0.207. The number of nitrogens with zero attached hydrogens (tertiary/aromatic N) is 7. The molecule has 10 nitrogen and oxygen atoms in total. The molecule has 0 unspecified atom stereocenters. The fourth-order valence-electron chi connectivity index (χ4n) is 5.17. The van der Waals surface area contributed by atoms with Gasteiger partial charge in [0, 0.05) is 22.2 Å². The van der Waals surface area contributed by atoms with E-state index < -0.39 is 24.5 Å². The lowest BCUT2D eigenvalue weighted by atomic mass is 9.71. The van der Waals surface area contributed by atoms with Gasteiger partial charge in [-0.05, 0) is 49.2 Å². The summed E-state index contributed by atoms with van der Waals surface area (Å²) in [4.78, 5) is 35.1. The first-order valence-electron chi connectivity index (χ1n) is 13.5. The Labute approximate surface area is 243 Å². The summed E-state index contributed by atoms with van der Waals surface area (Å²) in [5, 5.41) is 18.8. The molecule has 14 heteroatoms. The number of carbonyl (C=O) groups excluding carboxylic acids is 1. The van der Waals surface area contributed by atoms with Crippen LogP contribution in [0.15, 0.2) is 53.7 Å². The summed E-state index contributed by atoms with van der Waals surface area (Å²) in [7, 11) is 0. The number of pyridine rings is 1. The Morgan fingerprint density at radius 3 is 2.50 bits per heavy atom. The lowest BCUT2D eigenvalue weighted by Crippen LogP contribution is -2.37. The smallest absolute Gasteiger partial charge is 0.382 e. The molecule has 5 rings (SSSR count). The number of Topliss-reactive ketones (excluding diaryl/α,β-unsaturated/α-hetero) is 1. The van der Waals surface area contributed by atoms with E-state index in [1.165, 1.54) is 35.3 Å². The minimum absolute atomic E-state index is 0.0799. The maximum Gasteiger partial charge on any atom is 0.416 e. The summed E-state index contributed by atoms with van der Waals surface area (Å²) in [6, 6.07) is 9.52. The van der Waals surface area contributed by atoms with Crippen molar-refractivity contribution in [3.8, 4) is 17.1 Å². The number of ketones is 1. The van der Waals surface area contributed by atoms with Crippen molar-refractivity contribution in [3.05, 3.63) is 75.9 Å². The van der Waals surface area contributed by atoms with Crippen LogP contribution in [0.1, 0.15) is 50.5 Å². The van der Waals surface area contributed by atoms with E-state index >= 15 is 0 Å². The second-order valence-electron chi connectivity index (χ2n) is 10.7. The highest BCUT2D eigenvalue weighted by molar-refractivity contribution is 6.30. The van der Waals surface area contributed by atoms with Crippen molar-refractivity contribution >= 4 is 17.4 Å². The number of aromatic nitrogens is 7. The molecule has 222 valence electrons. The molecule has 0 spiro atoms. The Balaban J connectivity index is 1.42. The van der Waals surface area contributed by atoms with E-state index in [-0.39, 0.29) is 35.8 Å². The van der Waals surface area contributed by atoms with E-state index in [0.29, 0.717) is 22.0 Å². The van der Waals surface area contributed by atoms with E-state index in [1.54, 1.807) is 18.3 Å². The van der Waals surface area contributed by atoms with Crippen LogP contribution in [-0.4, -0.2) is 57.3 Å². The Bertz CT molecular complexity index is 1620. The molecule has 0 radical (unpaired) electrons. The van der Waals surface area contributed by atoms with Crippen LogP contribution in [-0.2, 0) is 24.3 Å². The molecule has 1 fully saturated rings. The topological polar surface area (TPSA) is 121 Å². The first-order chi connectivity index (χ1) is 19.9. The molecule has 0 saturated heterocycles. The van der Waals surface area contributed by atoms with Crippen LogP contribution in [0, 0.1) is 5.41 Å². The van der Waals surface area contributed by atoms with Gasteiger partial charge < -0.3 is 5.11 Å². The second-order valence-corrected chi connectivity index (χ2v) is 11.2. The number of aliphatic hydroxyl groups is 1. The van der Waals surface area contributed by atoms with Crippen molar-refractivity contribution in [1.29, 1.82) is 0 Å². The molecule has 4 aromatic rings. The average Bonchev–Trinajstić information content (AvgIpc) is 3.54. The van der Waals surface area contributed by atoms with Crippen LogP contribution in [0.5, 0.6) is 0 Å². The van der Waals surface area contributed by atoms with Crippen LogP contribution in [0.2, 0.25) is 5.02 Å². The number of rotatable bonds is 9. The van der Waals surface area contributed by atoms with Crippen LogP contribution in [0.25, 0.3) is 17.1 Å². The molecule has 1 atom stereocenters. The van der Waals surface area contributed by atoms with Gasteiger partial charge in [0.2, 0.25) is 0 Å². The van der Waals surface area contributed by atoms with Gasteiger partial charge in [0.05, 0.1) is 24.3 Å². The summed E-state index contributed by atoms with van der Waals surface area (Å²) in [5.74, 6) is 0.195. The summed E-state index contributed by atoms with van der Waals surface area (Å²) >= 11 is 5.94. The zero-order valence-corrected chi connectivity index (χ0v) is 23.5. The average molecular weight is 604 g/mol. The van der Waals surface area contributed by atoms with E-state index in [4.69, 9.17) is 11.6 Å². The van der Waals surface area contributed by atoms with Crippen molar-refractivity contribution in [3.63, 3.8) is 0 Å². The van der Waals surface area contributed by atoms with E-state index in [9.17, 15) is 27.9 Å². The summed E-state index contributed by atoms with van der Waals surface area (Å²) in [5.41, 5.74) is 0.157. The van der Waals surface area contributed by atoms with Gasteiger partial charge in [-0.2, -0.15) is 13.2 Å². The molecule has 0 aliphatic heterocycles. The van der Waals surface area contributed by atoms with E-state index in [0.717, 1.165) is 41.4 Å². The monoisotopic (exact) mass is 603 g/mol. The first-order valence-corrected chi connectivity index (χ1v) is 13.9. The van der Waals surface area contributed by atoms with Gasteiger partial charge >= 0.3 is 11.9 Å². The molecule has 3 heterocycles. The molecule has 0 amide bonds. The molecule has 1 aromatic carbocycles. The van der Waals surface area contributed by atoms with Gasteiger partial charge in [-0.1, -0.05) is 37.8 Å². The van der Waals surface area contributed by atoms with Crippen molar-refractivity contribution in [2.75, 3.05) is 0 Å². The molecule has 1 saturated carbocycles. The zero-order chi connectivity index (χ0) is 30.1. The molecule has 1 aliphatic rings. The Morgan fingerprint density at radius 2 is 1.81 bits per heavy atom. The highest BCUT2D eigenvalue weighted by Gasteiger charge is 2.39. The largest absolute Gasteiger partial charge is 0.416 e. The number of hydrogen-bond acceptors (Lipinski definition) is 7. The molecule has 3 aromatic heterocycles. The van der Waals surface area contributed by atoms with Crippen LogP contribution in [0.3, 0.4) is 0 Å². The third kappa shape index (κ3) is 6.31. The molecule has 42 heavy (non-hydrogen) atoms. The predicted molar refractivity (Wildman–Crippen MR) is 147 cm³/mol. The second kappa shape index (κ2) is 11.8. The molecular weight excluding hydrogens is 575 g/mol. The minimum atomic E-state index is -4.93. The highest BCUT2D eigenvalue weighted by Crippen LogP contribution is 2.37. The quantitative estimate of drug-likeness (QED) is 0.301. The fourth-order valence-corrected chi connectivity index (χ4v) is 5.29. The van der Waals surface area contributed by atoms with Crippen molar-refractivity contribution in [2.45, 2.75) is 70.8 Å². The summed E-state index contributed by atoms with van der Waals surface area (Å²) in [6.45, 7) is 0.704. The SMILES string of the molecule is CC1(C(=O)Cc2ncccc2-n2cnc(Cn3nc(-c4ccc(Cl)cc4)n(C[C@H](O)C(F)(F)F)c3=O)n2)CCCCC1. The fraction of sp³-hybridized carbons (Fsp3) is 0.429. The van der Waals surface area contributed by atoms with Gasteiger partial charge in [0.1, 0.15) is 18.7 Å². The van der Waals surface area contributed by atoms with Crippen molar-refractivity contribution in [1.82, 2.24) is 34.1 Å². The van der Waals surface area contributed by atoms with Gasteiger partial charge in [-0.3, -0.25) is 14.3 Å². The third-order valence-corrected chi connectivity index (χ3v) is 7.91. The Morgan fingerprint density at radius 1 is 1.10 bits per heavy atom. The van der Waals surface area contributed by atoms with Crippen molar-refractivity contribution < 1.29 is 23.1 Å². The Kier molecular flexibility index (Phi) is 8.33. The van der Waals surface area contributed by atoms with Crippen LogP contribution < -0.4 is 5.69 Å². The predicted octanol–water partition coefficient (Wildman–Crippen LogP) is 4.39. The van der Waals surface area contributed by atoms with Crippen molar-refractivity contribution in [2.24, 2.45) is 5.41 Å². The number of halogens is 4. The number of alkyl halides is 3. The molecular formula is C28H29ClF3N7O3. The van der Waals surface area contributed by atoms with Gasteiger partial charge in [0.25, 0.3) is 0 Å². The Hall–Kier alpha value is -3.84. The first kappa shape index (κ1) is 29.6. The molecule has 1 aliphatic carbocycles. The number of benzene rings is 1. The van der Waals surface area contributed by atoms with Gasteiger partial charge in [-0.25, -0.2) is 19.1 Å². The van der Waals surface area contributed by atoms with Crippen LogP contribution >= 0.6 is 11.6 Å². The number of hydrogen-bond donors (Lipinski definition) is 1. The van der Waals surface area contributed by atoms with E-state index in [2.05, 4.69) is 20.2 Å². The maximum absolute atomic E-state index is 13.2. The van der Waals surface area contributed by atoms with Crippen LogP contribution in [0.4, 0.5) is 13.2 Å². The highest BCUT2D eigenvalue weighted by atomic mass is 35.5. The summed E-state index contributed by atoms with van der Waals surface area (Å²) in [6.07, 6.45) is 0.312. The van der Waals surface area contributed by atoms with Gasteiger partial charge in [-0.15, -0.1) is 10.2 Å².